The Balaban J connectivity index is 2.09. The molecule has 0 spiro atoms. The molecule has 7 nitrogen and oxygen atoms in total. The zero-order chi connectivity index (χ0) is 15.4. The van der Waals surface area contributed by atoms with Gasteiger partial charge in [0.05, 0.1) is 5.56 Å². The summed E-state index contributed by atoms with van der Waals surface area (Å²) in [6.45, 7) is 0. The molecule has 4 aromatic rings. The summed E-state index contributed by atoms with van der Waals surface area (Å²) in [6.07, 6.45) is 1.78. The highest BCUT2D eigenvalue weighted by atomic mass is 16.4. The van der Waals surface area contributed by atoms with E-state index in [1.165, 1.54) is 11.6 Å². The Hall–Kier alpha value is -3.09. The molecular formula is C15H12N4O3. The van der Waals surface area contributed by atoms with Gasteiger partial charge >= 0.3 is 5.69 Å². The minimum Gasteiger partial charge on any atom is -0.419 e. The van der Waals surface area contributed by atoms with Gasteiger partial charge in [-0.1, -0.05) is 18.2 Å². The number of oxazole rings is 1. The summed E-state index contributed by atoms with van der Waals surface area (Å²) >= 11 is 0. The van der Waals surface area contributed by atoms with Gasteiger partial charge in [0.15, 0.2) is 5.52 Å². The zero-order valence-corrected chi connectivity index (χ0v) is 12.0. The molecule has 22 heavy (non-hydrogen) atoms. The standard InChI is InChI=1S/C15H12N4O3/c1-18-13(20)11-14(19(2)15(18)21)22-12(17-11)9-7-16-10-6-4-3-5-8(9)10/h3-7,16H,1-2H3. The number of rotatable bonds is 1. The molecule has 7 heteroatoms. The van der Waals surface area contributed by atoms with Gasteiger partial charge < -0.3 is 9.40 Å². The lowest BCUT2D eigenvalue weighted by Gasteiger charge is -1.99. The molecule has 0 saturated heterocycles. The molecule has 0 amide bonds. The Morgan fingerprint density at radius 1 is 1.14 bits per heavy atom. The lowest BCUT2D eigenvalue weighted by atomic mass is 10.2. The Labute approximate surface area is 123 Å². The van der Waals surface area contributed by atoms with Crippen LogP contribution in [-0.4, -0.2) is 19.1 Å². The molecule has 0 unspecified atom stereocenters. The lowest BCUT2D eigenvalue weighted by molar-refractivity contribution is 0.570. The molecular weight excluding hydrogens is 284 g/mol. The quantitative estimate of drug-likeness (QED) is 0.575. The minimum absolute atomic E-state index is 0.143. The van der Waals surface area contributed by atoms with Crippen molar-refractivity contribution in [3.63, 3.8) is 0 Å². The van der Waals surface area contributed by atoms with Crippen molar-refractivity contribution in [1.29, 1.82) is 0 Å². The maximum absolute atomic E-state index is 12.2. The van der Waals surface area contributed by atoms with Crippen LogP contribution < -0.4 is 11.2 Å². The Morgan fingerprint density at radius 2 is 1.91 bits per heavy atom. The van der Waals surface area contributed by atoms with Gasteiger partial charge in [0.2, 0.25) is 11.6 Å². The fourth-order valence-corrected chi connectivity index (χ4v) is 2.60. The number of aryl methyl sites for hydroxylation is 1. The van der Waals surface area contributed by atoms with Gasteiger partial charge in [-0.05, 0) is 6.07 Å². The number of hydrogen-bond donors (Lipinski definition) is 1. The van der Waals surface area contributed by atoms with Crippen molar-refractivity contribution in [3.8, 4) is 11.5 Å². The van der Waals surface area contributed by atoms with Gasteiger partial charge in [0.1, 0.15) is 0 Å². The SMILES string of the molecule is Cn1c(=O)c2nc(-c3c[nH]c4ccccc34)oc2n(C)c1=O. The predicted octanol–water partition coefficient (Wildman–Crippen LogP) is 1.37. The number of benzene rings is 1. The highest BCUT2D eigenvalue weighted by Gasteiger charge is 2.18. The average Bonchev–Trinajstić information content (AvgIpc) is 3.14. The van der Waals surface area contributed by atoms with Crippen molar-refractivity contribution < 1.29 is 4.42 Å². The highest BCUT2D eigenvalue weighted by Crippen LogP contribution is 2.29. The van der Waals surface area contributed by atoms with Crippen LogP contribution in [0.4, 0.5) is 0 Å². The number of nitrogens with one attached hydrogen (secondary N) is 1. The van der Waals surface area contributed by atoms with E-state index < -0.39 is 11.2 Å². The third-order valence-corrected chi connectivity index (χ3v) is 3.81. The van der Waals surface area contributed by atoms with E-state index >= 15 is 0 Å². The number of nitrogens with zero attached hydrogens (tertiary/aromatic N) is 3. The van der Waals surface area contributed by atoms with E-state index in [-0.39, 0.29) is 11.2 Å². The molecule has 0 saturated carbocycles. The monoisotopic (exact) mass is 296 g/mol. The normalized spacial score (nSPS) is 11.5. The highest BCUT2D eigenvalue weighted by molar-refractivity contribution is 5.94. The van der Waals surface area contributed by atoms with Crippen LogP contribution in [0.15, 0.2) is 44.5 Å². The Morgan fingerprint density at radius 3 is 2.73 bits per heavy atom. The van der Waals surface area contributed by atoms with E-state index in [9.17, 15) is 9.59 Å². The van der Waals surface area contributed by atoms with Gasteiger partial charge in [0, 0.05) is 31.2 Å². The molecule has 0 aliphatic rings. The van der Waals surface area contributed by atoms with Crippen LogP contribution in [0.5, 0.6) is 0 Å². The Bertz CT molecular complexity index is 1140. The third-order valence-electron chi connectivity index (χ3n) is 3.81. The summed E-state index contributed by atoms with van der Waals surface area (Å²) in [7, 11) is 2.97. The number of H-pyrrole nitrogens is 1. The molecule has 1 aromatic carbocycles. The van der Waals surface area contributed by atoms with Gasteiger partial charge in [-0.3, -0.25) is 13.9 Å². The number of hydrogen-bond acceptors (Lipinski definition) is 4. The first-order valence-electron chi connectivity index (χ1n) is 6.71. The summed E-state index contributed by atoms with van der Waals surface area (Å²) in [5.41, 5.74) is 1.10. The molecule has 0 aliphatic carbocycles. The van der Waals surface area contributed by atoms with E-state index in [1.54, 1.807) is 13.2 Å². The molecule has 3 heterocycles. The number of fused-ring (bicyclic) bond motifs is 2. The number of aromatic amines is 1. The molecule has 0 fully saturated rings. The second kappa shape index (κ2) is 4.20. The second-order valence-electron chi connectivity index (χ2n) is 5.13. The zero-order valence-electron chi connectivity index (χ0n) is 12.0. The van der Waals surface area contributed by atoms with Crippen LogP contribution in [0.3, 0.4) is 0 Å². The van der Waals surface area contributed by atoms with Crippen LogP contribution in [0.25, 0.3) is 33.6 Å². The fourth-order valence-electron chi connectivity index (χ4n) is 2.60. The van der Waals surface area contributed by atoms with Gasteiger partial charge in [0.25, 0.3) is 5.56 Å². The molecule has 0 aliphatic heterocycles. The van der Waals surface area contributed by atoms with Crippen LogP contribution in [0.2, 0.25) is 0 Å². The summed E-state index contributed by atoms with van der Waals surface area (Å²) in [6, 6.07) is 7.72. The molecule has 4 rings (SSSR count). The largest absolute Gasteiger partial charge is 0.419 e. The van der Waals surface area contributed by atoms with Crippen LogP contribution >= 0.6 is 0 Å². The second-order valence-corrected chi connectivity index (χ2v) is 5.13. The summed E-state index contributed by atoms with van der Waals surface area (Å²) in [5.74, 6) is 0.311. The maximum atomic E-state index is 12.2. The topological polar surface area (TPSA) is 85.8 Å². The van der Waals surface area contributed by atoms with Crippen LogP contribution in [-0.2, 0) is 14.1 Å². The molecule has 3 aromatic heterocycles. The first-order chi connectivity index (χ1) is 10.6. The number of aromatic nitrogens is 4. The van der Waals surface area contributed by atoms with Crippen molar-refractivity contribution >= 4 is 22.1 Å². The van der Waals surface area contributed by atoms with Gasteiger partial charge in [-0.15, -0.1) is 0 Å². The van der Waals surface area contributed by atoms with E-state index in [0.29, 0.717) is 5.89 Å². The fraction of sp³-hybridized carbons (Fsp3) is 0.133. The smallest absolute Gasteiger partial charge is 0.333 e. The van der Waals surface area contributed by atoms with Crippen molar-refractivity contribution in [2.45, 2.75) is 0 Å². The first kappa shape index (κ1) is 12.6. The molecule has 110 valence electrons. The third kappa shape index (κ3) is 1.53. The van der Waals surface area contributed by atoms with Gasteiger partial charge in [-0.2, -0.15) is 0 Å². The molecule has 0 atom stereocenters. The van der Waals surface area contributed by atoms with E-state index in [4.69, 9.17) is 4.42 Å². The van der Waals surface area contributed by atoms with E-state index in [0.717, 1.165) is 21.0 Å². The first-order valence-corrected chi connectivity index (χ1v) is 6.71. The van der Waals surface area contributed by atoms with E-state index in [2.05, 4.69) is 9.97 Å². The predicted molar refractivity (Wildman–Crippen MR) is 81.8 cm³/mol. The Kier molecular flexibility index (Phi) is 2.41. The molecule has 0 bridgehead atoms. The lowest BCUT2D eigenvalue weighted by Crippen LogP contribution is -2.36. The van der Waals surface area contributed by atoms with Crippen molar-refractivity contribution in [3.05, 3.63) is 51.3 Å². The average molecular weight is 296 g/mol. The van der Waals surface area contributed by atoms with Crippen LogP contribution in [0.1, 0.15) is 0 Å². The number of para-hydroxylation sites is 1. The van der Waals surface area contributed by atoms with E-state index in [1.807, 2.05) is 24.3 Å². The minimum atomic E-state index is -0.465. The maximum Gasteiger partial charge on any atom is 0.333 e. The summed E-state index contributed by atoms with van der Waals surface area (Å²) in [5, 5.41) is 0.941. The molecule has 1 N–H and O–H groups in total. The molecule has 0 radical (unpaired) electrons. The van der Waals surface area contributed by atoms with Crippen molar-refractivity contribution in [1.82, 2.24) is 19.1 Å². The van der Waals surface area contributed by atoms with Crippen LogP contribution in [0, 0.1) is 0 Å². The van der Waals surface area contributed by atoms with Crippen molar-refractivity contribution in [2.24, 2.45) is 14.1 Å². The summed E-state index contributed by atoms with van der Waals surface area (Å²) < 4.78 is 7.98. The summed E-state index contributed by atoms with van der Waals surface area (Å²) in [4.78, 5) is 31.5. The van der Waals surface area contributed by atoms with Crippen molar-refractivity contribution in [2.75, 3.05) is 0 Å². The van der Waals surface area contributed by atoms with Gasteiger partial charge in [-0.25, -0.2) is 9.78 Å².